The van der Waals surface area contributed by atoms with Crippen LogP contribution in [-0.4, -0.2) is 0 Å². The fourth-order valence-corrected chi connectivity index (χ4v) is 15.1. The minimum absolute atomic E-state index is 0.0577. The molecule has 1 aromatic heterocycles. The van der Waals surface area contributed by atoms with Gasteiger partial charge in [0.1, 0.15) is 0 Å². The topological polar surface area (TPSA) is 20.3 Å². The molecule has 1 saturated carbocycles. The Morgan fingerprint density at radius 3 is 1.66 bits per heavy atom. The molecule has 1 aliphatic carbocycles. The Hall–Kier alpha value is -5.64. The molecule has 0 N–H and O–H groups in total. The molecule has 2 heterocycles. The van der Waals surface area contributed by atoms with Crippen LogP contribution in [0.25, 0.3) is 31.3 Å². The molecule has 59 heavy (non-hydrogen) atoms. The van der Waals surface area contributed by atoms with Crippen LogP contribution in [0.15, 0.2) is 204 Å². The quantitative estimate of drug-likeness (QED) is 0.150. The zero-order valence-electron chi connectivity index (χ0n) is 32.6. The largest absolute Gasteiger partial charge is 0.309 e. The van der Waals surface area contributed by atoms with E-state index >= 15 is 4.57 Å². The number of rotatable bonds is 7. The van der Waals surface area contributed by atoms with E-state index < -0.39 is 7.14 Å². The highest BCUT2D eigenvalue weighted by atomic mass is 32.2. The molecule has 9 aromatic rings. The van der Waals surface area contributed by atoms with E-state index in [1.165, 1.54) is 67.3 Å². The lowest BCUT2D eigenvalue weighted by Gasteiger charge is -2.39. The summed E-state index contributed by atoms with van der Waals surface area (Å²) in [6.45, 7) is 0. The lowest BCUT2D eigenvalue weighted by Crippen LogP contribution is -2.30. The van der Waals surface area contributed by atoms with Crippen LogP contribution in [0.1, 0.15) is 43.2 Å². The van der Waals surface area contributed by atoms with Crippen LogP contribution in [0.4, 0.5) is 17.1 Å². The fraction of sp³-hybridized carbons (Fsp3) is 0.111. The summed E-state index contributed by atoms with van der Waals surface area (Å²) in [7, 11) is -3.25. The second kappa shape index (κ2) is 14.9. The number of benzene rings is 8. The molecule has 0 atom stereocenters. The Balaban J connectivity index is 1.01. The Labute approximate surface area is 354 Å². The van der Waals surface area contributed by atoms with Gasteiger partial charge in [0, 0.05) is 57.0 Å². The van der Waals surface area contributed by atoms with Gasteiger partial charge >= 0.3 is 0 Å². The average Bonchev–Trinajstić information content (AvgIpc) is 3.70. The average molecular weight is 816 g/mol. The van der Waals surface area contributed by atoms with Crippen LogP contribution < -0.4 is 20.8 Å². The van der Waals surface area contributed by atoms with Gasteiger partial charge in [-0.2, -0.15) is 0 Å². The van der Waals surface area contributed by atoms with Gasteiger partial charge in [0.05, 0.1) is 11.4 Å². The lowest BCUT2D eigenvalue weighted by atomic mass is 9.65. The highest BCUT2D eigenvalue weighted by Crippen LogP contribution is 2.53. The maximum atomic E-state index is 16.0. The van der Waals surface area contributed by atoms with E-state index in [1.807, 2.05) is 72.4 Å². The smallest absolute Gasteiger partial charge is 0.172 e. The van der Waals surface area contributed by atoms with Gasteiger partial charge in [0.2, 0.25) is 0 Å². The van der Waals surface area contributed by atoms with Gasteiger partial charge in [0.25, 0.3) is 0 Å². The predicted octanol–water partition coefficient (Wildman–Crippen LogP) is 14.5. The molecule has 286 valence electrons. The van der Waals surface area contributed by atoms with Crippen molar-refractivity contribution in [3.8, 4) is 11.1 Å². The van der Waals surface area contributed by atoms with Crippen molar-refractivity contribution in [3.05, 3.63) is 205 Å². The number of hydrogen-bond acceptors (Lipinski definition) is 4. The van der Waals surface area contributed by atoms with E-state index in [1.54, 1.807) is 11.3 Å². The zero-order valence-corrected chi connectivity index (χ0v) is 35.2. The summed E-state index contributed by atoms with van der Waals surface area (Å²) < 4.78 is 18.3. The van der Waals surface area contributed by atoms with Gasteiger partial charge in [-0.05, 0) is 89.7 Å². The monoisotopic (exact) mass is 815 g/mol. The van der Waals surface area contributed by atoms with Gasteiger partial charge in [-0.25, -0.2) is 0 Å². The van der Waals surface area contributed by atoms with E-state index in [0.29, 0.717) is 0 Å². The van der Waals surface area contributed by atoms with Crippen LogP contribution in [0.5, 0.6) is 0 Å². The summed E-state index contributed by atoms with van der Waals surface area (Å²) in [6, 6.07) is 69.7. The third-order valence-corrected chi connectivity index (χ3v) is 18.2. The first-order chi connectivity index (χ1) is 29.1. The van der Waals surface area contributed by atoms with Crippen molar-refractivity contribution in [3.63, 3.8) is 0 Å². The molecular weight excluding hydrogens is 774 g/mol. The number of para-hydroxylation sites is 2. The van der Waals surface area contributed by atoms with Crippen molar-refractivity contribution in [1.82, 2.24) is 0 Å². The van der Waals surface area contributed by atoms with Gasteiger partial charge in [-0.15, -0.1) is 11.3 Å². The third kappa shape index (κ3) is 6.12. The van der Waals surface area contributed by atoms with E-state index in [4.69, 9.17) is 0 Å². The van der Waals surface area contributed by atoms with Crippen molar-refractivity contribution in [1.29, 1.82) is 0 Å². The molecule has 0 bridgehead atoms. The Bertz CT molecular complexity index is 2930. The minimum atomic E-state index is -3.25. The molecule has 0 radical (unpaired) electrons. The molecule has 0 saturated heterocycles. The van der Waals surface area contributed by atoms with E-state index in [9.17, 15) is 0 Å². The number of nitrogens with zero attached hydrogens (tertiary/aromatic N) is 1. The van der Waals surface area contributed by atoms with E-state index in [0.717, 1.165) is 50.0 Å². The van der Waals surface area contributed by atoms with E-state index in [-0.39, 0.29) is 5.41 Å². The molecular formula is C54H42NOPS2. The summed E-state index contributed by atoms with van der Waals surface area (Å²) >= 11 is 3.60. The van der Waals surface area contributed by atoms with Crippen molar-refractivity contribution < 1.29 is 4.57 Å². The maximum absolute atomic E-state index is 16.0. The number of anilines is 3. The molecule has 0 unspecified atom stereocenters. The Morgan fingerprint density at radius 1 is 0.492 bits per heavy atom. The van der Waals surface area contributed by atoms with Gasteiger partial charge in [-0.1, -0.05) is 171 Å². The standard InChI is InChI=1S/C54H42NOPS2/c56-57(43-16-4-1-5-17-43,44-18-6-2-7-19-44)49-37-39(36-46-45-20-8-11-23-50(45)59-53(46)49)38-26-28-40(29-27-38)54(34-14-3-15-35-54)41-30-32-42(33-31-41)55-47-21-9-12-24-51(47)58-52-25-13-10-22-48(52)55/h1-2,4-13,16-33,36-37H,3,14-15,34-35H2. The molecule has 2 aliphatic rings. The number of fused-ring (bicyclic) bond motifs is 5. The van der Waals surface area contributed by atoms with Crippen LogP contribution in [0.2, 0.25) is 0 Å². The number of thiophene rings is 1. The molecule has 1 fully saturated rings. The molecule has 8 aromatic carbocycles. The summed E-state index contributed by atoms with van der Waals surface area (Å²) in [6.07, 6.45) is 5.97. The lowest BCUT2D eigenvalue weighted by molar-refractivity contribution is 0.346. The molecule has 0 spiro atoms. The fourth-order valence-electron chi connectivity index (χ4n) is 9.71. The maximum Gasteiger partial charge on any atom is 0.172 e. The predicted molar refractivity (Wildman–Crippen MR) is 253 cm³/mol. The van der Waals surface area contributed by atoms with Crippen molar-refractivity contribution in [2.24, 2.45) is 0 Å². The summed E-state index contributed by atoms with van der Waals surface area (Å²) in [5.41, 5.74) is 8.59. The second-order valence-corrected chi connectivity index (χ2v) is 20.8. The van der Waals surface area contributed by atoms with Crippen LogP contribution in [0, 0.1) is 0 Å². The Kier molecular flexibility index (Phi) is 9.19. The molecule has 2 nitrogen and oxygen atoms in total. The molecule has 1 aliphatic heterocycles. The summed E-state index contributed by atoms with van der Waals surface area (Å²) in [4.78, 5) is 4.98. The summed E-state index contributed by atoms with van der Waals surface area (Å²) in [5.74, 6) is 0. The highest BCUT2D eigenvalue weighted by molar-refractivity contribution is 7.99. The molecule has 5 heteroatoms. The van der Waals surface area contributed by atoms with E-state index in [2.05, 4.69) is 138 Å². The first-order valence-corrected chi connectivity index (χ1v) is 24.0. The van der Waals surface area contributed by atoms with Crippen LogP contribution in [0.3, 0.4) is 0 Å². The minimum Gasteiger partial charge on any atom is -0.309 e. The summed E-state index contributed by atoms with van der Waals surface area (Å²) in [5, 5.41) is 5.00. The van der Waals surface area contributed by atoms with Gasteiger partial charge in [-0.3, -0.25) is 0 Å². The SMILES string of the molecule is O=P(c1ccccc1)(c1ccccc1)c1cc(-c2ccc(C3(c4ccc(N5c6ccccc6Sc6ccccc65)cc4)CCCCC3)cc2)cc2c1sc1ccccc12. The van der Waals surface area contributed by atoms with Gasteiger partial charge < -0.3 is 9.46 Å². The first kappa shape index (κ1) is 36.4. The van der Waals surface area contributed by atoms with Crippen LogP contribution >= 0.6 is 30.2 Å². The molecule has 0 amide bonds. The zero-order chi connectivity index (χ0) is 39.4. The van der Waals surface area contributed by atoms with Crippen LogP contribution in [-0.2, 0) is 9.98 Å². The van der Waals surface area contributed by atoms with Crippen molar-refractivity contribution in [2.45, 2.75) is 47.3 Å². The highest BCUT2D eigenvalue weighted by Gasteiger charge is 2.37. The van der Waals surface area contributed by atoms with Crippen molar-refractivity contribution in [2.75, 3.05) is 4.90 Å². The second-order valence-electron chi connectivity index (χ2n) is 15.9. The van der Waals surface area contributed by atoms with Crippen molar-refractivity contribution >= 4 is 83.4 Å². The van der Waals surface area contributed by atoms with Gasteiger partial charge in [0.15, 0.2) is 7.14 Å². The molecule has 11 rings (SSSR count). The normalized spacial score (nSPS) is 14.9. The third-order valence-electron chi connectivity index (χ3n) is 12.6. The first-order valence-electron chi connectivity index (χ1n) is 20.6. The number of hydrogen-bond donors (Lipinski definition) is 0. The Morgan fingerprint density at radius 2 is 1.03 bits per heavy atom.